The lowest BCUT2D eigenvalue weighted by molar-refractivity contribution is 0.132. The van der Waals surface area contributed by atoms with Gasteiger partial charge in [0, 0.05) is 24.9 Å². The molecule has 0 aliphatic heterocycles. The molecule has 0 unspecified atom stereocenters. The number of nitrogen functional groups attached to an aromatic ring is 1. The molecule has 1 saturated carbocycles. The Balaban J connectivity index is 1.44. The van der Waals surface area contributed by atoms with Gasteiger partial charge in [0.15, 0.2) is 5.82 Å². The van der Waals surface area contributed by atoms with E-state index in [4.69, 9.17) is 21.2 Å². The molecule has 0 radical (unpaired) electrons. The summed E-state index contributed by atoms with van der Waals surface area (Å²) in [5.41, 5.74) is 16.2. The summed E-state index contributed by atoms with van der Waals surface area (Å²) in [6.45, 7) is 5.90. The number of aromatic nitrogens is 4. The predicted octanol–water partition coefficient (Wildman–Crippen LogP) is 2.58. The zero-order chi connectivity index (χ0) is 22.0. The lowest BCUT2D eigenvalue weighted by Gasteiger charge is -2.20. The molecule has 164 valence electrons. The summed E-state index contributed by atoms with van der Waals surface area (Å²) in [5.74, 6) is 2.22. The highest BCUT2D eigenvalue weighted by atomic mass is 16.5. The minimum Gasteiger partial charge on any atom is -0.382 e. The van der Waals surface area contributed by atoms with E-state index in [1.807, 2.05) is 6.92 Å². The number of amides is 2. The van der Waals surface area contributed by atoms with Gasteiger partial charge in [-0.15, -0.1) is 0 Å². The number of anilines is 2. The molecule has 9 heteroatoms. The third-order valence-electron chi connectivity index (χ3n) is 5.79. The summed E-state index contributed by atoms with van der Waals surface area (Å²) in [4.78, 5) is 26.6. The van der Waals surface area contributed by atoms with Crippen LogP contribution >= 0.6 is 0 Å². The number of pyridine rings is 2. The maximum Gasteiger partial charge on any atom is 0.319 e. The molecule has 0 spiro atoms. The van der Waals surface area contributed by atoms with Gasteiger partial charge in [-0.3, -0.25) is 9.88 Å². The number of hydrogen-bond donors (Lipinski definition) is 2. The second kappa shape index (κ2) is 8.89. The number of ether oxygens (including phenoxy) is 1. The molecule has 4 rings (SSSR count). The van der Waals surface area contributed by atoms with Gasteiger partial charge in [0.1, 0.15) is 11.3 Å². The number of fused-ring (bicyclic) bond motifs is 1. The van der Waals surface area contributed by atoms with E-state index in [0.29, 0.717) is 43.7 Å². The number of urea groups is 1. The SMILES string of the molecule is Cc1nc(N)c2nc(CC3CC3)n(CCOCCN(C(N)=O)c3cccnc3)c2c1C. The molecule has 3 aromatic heterocycles. The van der Waals surface area contributed by atoms with E-state index >= 15 is 0 Å². The van der Waals surface area contributed by atoms with Crippen LogP contribution in [-0.2, 0) is 17.7 Å². The van der Waals surface area contributed by atoms with E-state index < -0.39 is 6.03 Å². The van der Waals surface area contributed by atoms with Crippen LogP contribution in [0.4, 0.5) is 16.3 Å². The number of aryl methyl sites for hydroxylation is 2. The van der Waals surface area contributed by atoms with Crippen molar-refractivity contribution in [2.24, 2.45) is 11.7 Å². The maximum absolute atomic E-state index is 11.8. The van der Waals surface area contributed by atoms with E-state index in [2.05, 4.69) is 21.5 Å². The van der Waals surface area contributed by atoms with E-state index in [1.165, 1.54) is 17.7 Å². The van der Waals surface area contributed by atoms with Gasteiger partial charge in [-0.05, 0) is 50.3 Å². The molecule has 3 aromatic rings. The highest BCUT2D eigenvalue weighted by molar-refractivity contribution is 5.90. The standard InChI is InChI=1S/C22H29N7O2/c1-14-15(2)26-21(23)19-20(14)29(18(27-19)12-16-5-6-16)9-11-31-10-8-28(22(24)30)17-4-3-7-25-13-17/h3-4,7,13,16H,5-6,8-12H2,1-2H3,(H2,23,26)(H2,24,30). The van der Waals surface area contributed by atoms with Gasteiger partial charge in [-0.1, -0.05) is 0 Å². The molecule has 0 bridgehead atoms. The fourth-order valence-electron chi connectivity index (χ4n) is 3.82. The van der Waals surface area contributed by atoms with Gasteiger partial charge in [0.2, 0.25) is 0 Å². The molecule has 1 fully saturated rings. The first kappa shape index (κ1) is 21.0. The number of imidazole rings is 1. The third-order valence-corrected chi connectivity index (χ3v) is 5.79. The molecule has 3 heterocycles. The van der Waals surface area contributed by atoms with Crippen LogP contribution in [0.1, 0.15) is 29.9 Å². The Morgan fingerprint density at radius 1 is 1.29 bits per heavy atom. The predicted molar refractivity (Wildman–Crippen MR) is 120 cm³/mol. The summed E-state index contributed by atoms with van der Waals surface area (Å²) in [7, 11) is 0. The number of nitrogens with zero attached hydrogens (tertiary/aromatic N) is 5. The summed E-state index contributed by atoms with van der Waals surface area (Å²) in [6, 6.07) is 3.03. The number of rotatable bonds is 9. The zero-order valence-electron chi connectivity index (χ0n) is 18.0. The van der Waals surface area contributed by atoms with Crippen molar-refractivity contribution in [2.45, 2.75) is 39.7 Å². The fourth-order valence-corrected chi connectivity index (χ4v) is 3.82. The van der Waals surface area contributed by atoms with Crippen molar-refractivity contribution < 1.29 is 9.53 Å². The Morgan fingerprint density at radius 2 is 2.10 bits per heavy atom. The van der Waals surface area contributed by atoms with Crippen LogP contribution in [0.5, 0.6) is 0 Å². The van der Waals surface area contributed by atoms with E-state index in [9.17, 15) is 4.79 Å². The molecule has 9 nitrogen and oxygen atoms in total. The minimum absolute atomic E-state index is 0.357. The second-order valence-electron chi connectivity index (χ2n) is 8.05. The fraction of sp³-hybridized carbons (Fsp3) is 0.455. The molecule has 1 aliphatic rings. The van der Waals surface area contributed by atoms with E-state index in [0.717, 1.165) is 34.5 Å². The summed E-state index contributed by atoms with van der Waals surface area (Å²) < 4.78 is 8.09. The average molecular weight is 424 g/mol. The molecular weight excluding hydrogens is 394 g/mol. The number of carbonyl (C=O) groups excluding carboxylic acids is 1. The maximum atomic E-state index is 11.8. The number of primary amides is 1. The third kappa shape index (κ3) is 4.61. The molecule has 1 aliphatic carbocycles. The average Bonchev–Trinajstić information content (AvgIpc) is 3.49. The summed E-state index contributed by atoms with van der Waals surface area (Å²) in [5, 5.41) is 0. The molecule has 0 aromatic carbocycles. The monoisotopic (exact) mass is 423 g/mol. The van der Waals surface area contributed by atoms with E-state index in [1.54, 1.807) is 24.5 Å². The lowest BCUT2D eigenvalue weighted by atomic mass is 10.2. The van der Waals surface area contributed by atoms with Crippen LogP contribution in [0.2, 0.25) is 0 Å². The van der Waals surface area contributed by atoms with Crippen molar-refractivity contribution in [3.05, 3.63) is 41.6 Å². The first-order chi connectivity index (χ1) is 15.0. The van der Waals surface area contributed by atoms with Crippen LogP contribution in [0, 0.1) is 19.8 Å². The topological polar surface area (TPSA) is 125 Å². The Morgan fingerprint density at radius 3 is 2.77 bits per heavy atom. The molecule has 31 heavy (non-hydrogen) atoms. The Kier molecular flexibility index (Phi) is 6.03. The summed E-state index contributed by atoms with van der Waals surface area (Å²) in [6.07, 6.45) is 6.71. The Bertz CT molecular complexity index is 1080. The van der Waals surface area contributed by atoms with Crippen LogP contribution < -0.4 is 16.4 Å². The Labute approximate surface area is 181 Å². The van der Waals surface area contributed by atoms with Crippen molar-refractivity contribution in [1.82, 2.24) is 19.5 Å². The number of carbonyl (C=O) groups is 1. The summed E-state index contributed by atoms with van der Waals surface area (Å²) >= 11 is 0. The number of hydrogen-bond acceptors (Lipinski definition) is 6. The Hall–Kier alpha value is -3.20. The van der Waals surface area contributed by atoms with Crippen LogP contribution in [0.15, 0.2) is 24.5 Å². The van der Waals surface area contributed by atoms with Gasteiger partial charge in [0.25, 0.3) is 0 Å². The highest BCUT2D eigenvalue weighted by Crippen LogP contribution is 2.34. The minimum atomic E-state index is -0.530. The first-order valence-electron chi connectivity index (χ1n) is 10.6. The van der Waals surface area contributed by atoms with Crippen molar-refractivity contribution in [2.75, 3.05) is 30.4 Å². The largest absolute Gasteiger partial charge is 0.382 e. The van der Waals surface area contributed by atoms with E-state index in [-0.39, 0.29) is 0 Å². The van der Waals surface area contributed by atoms with Crippen molar-refractivity contribution in [3.8, 4) is 0 Å². The zero-order valence-corrected chi connectivity index (χ0v) is 18.0. The molecular formula is C22H29N7O2. The molecule has 2 amide bonds. The second-order valence-corrected chi connectivity index (χ2v) is 8.05. The van der Waals surface area contributed by atoms with Gasteiger partial charge in [0.05, 0.1) is 37.2 Å². The lowest BCUT2D eigenvalue weighted by Crippen LogP contribution is -2.38. The van der Waals surface area contributed by atoms with Crippen LogP contribution in [0.25, 0.3) is 11.0 Å². The van der Waals surface area contributed by atoms with Gasteiger partial charge in [-0.25, -0.2) is 14.8 Å². The van der Waals surface area contributed by atoms with Gasteiger partial charge < -0.3 is 20.8 Å². The normalized spacial score (nSPS) is 13.6. The molecule has 4 N–H and O–H groups in total. The molecule has 0 atom stereocenters. The van der Waals surface area contributed by atoms with Gasteiger partial charge in [-0.2, -0.15) is 0 Å². The smallest absolute Gasteiger partial charge is 0.319 e. The van der Waals surface area contributed by atoms with Crippen molar-refractivity contribution in [1.29, 1.82) is 0 Å². The first-order valence-corrected chi connectivity index (χ1v) is 10.6. The quantitative estimate of drug-likeness (QED) is 0.510. The van der Waals surface area contributed by atoms with Crippen LogP contribution in [-0.4, -0.2) is 45.3 Å². The highest BCUT2D eigenvalue weighted by Gasteiger charge is 2.26. The molecule has 0 saturated heterocycles. The van der Waals surface area contributed by atoms with Crippen molar-refractivity contribution in [3.63, 3.8) is 0 Å². The van der Waals surface area contributed by atoms with Crippen LogP contribution in [0.3, 0.4) is 0 Å². The number of nitrogens with two attached hydrogens (primary N) is 2. The van der Waals surface area contributed by atoms with Gasteiger partial charge >= 0.3 is 6.03 Å². The van der Waals surface area contributed by atoms with Crippen molar-refractivity contribution >= 4 is 28.6 Å².